The molecule has 2 aromatic rings. The number of hydrogen-bond acceptors (Lipinski definition) is 3. The van der Waals surface area contributed by atoms with E-state index in [2.05, 4.69) is 70.6 Å². The normalized spacial score (nSPS) is 12.6. The van der Waals surface area contributed by atoms with Crippen molar-refractivity contribution in [3.63, 3.8) is 0 Å². The number of aromatic nitrogens is 1. The maximum atomic E-state index is 4.57. The summed E-state index contributed by atoms with van der Waals surface area (Å²) in [6, 6.07) is 6.81. The first-order valence-corrected chi connectivity index (χ1v) is 8.18. The number of halogens is 1. The molecule has 2 nitrogen and oxygen atoms in total. The number of rotatable bonds is 5. The predicted molar refractivity (Wildman–Crippen MR) is 85.9 cm³/mol. The zero-order valence-corrected chi connectivity index (χ0v) is 13.9. The molecule has 1 aromatic carbocycles. The summed E-state index contributed by atoms with van der Waals surface area (Å²) in [6.45, 7) is 7.28. The van der Waals surface area contributed by atoms with Crippen molar-refractivity contribution >= 4 is 27.3 Å². The van der Waals surface area contributed by atoms with Crippen molar-refractivity contribution in [2.45, 2.75) is 33.2 Å². The van der Waals surface area contributed by atoms with Gasteiger partial charge in [0.1, 0.15) is 0 Å². The zero-order chi connectivity index (χ0) is 13.8. The van der Waals surface area contributed by atoms with E-state index in [1.807, 2.05) is 0 Å². The number of likely N-dealkylation sites (N-methyl/N-ethyl adjacent to an activating group) is 1. The lowest BCUT2D eigenvalue weighted by Gasteiger charge is -2.19. The van der Waals surface area contributed by atoms with E-state index in [-0.39, 0.29) is 0 Å². The predicted octanol–water partition coefficient (Wildman–Crippen LogP) is 4.42. The molecule has 0 fully saturated rings. The SMILES string of the molecule is CCNC(Cc1csc(C)n1)c1cc(C)ccc1Br. The van der Waals surface area contributed by atoms with Gasteiger partial charge in [-0.25, -0.2) is 4.98 Å². The van der Waals surface area contributed by atoms with Gasteiger partial charge in [0.05, 0.1) is 10.7 Å². The fraction of sp³-hybridized carbons (Fsp3) is 0.400. The van der Waals surface area contributed by atoms with E-state index in [0.29, 0.717) is 6.04 Å². The lowest BCUT2D eigenvalue weighted by atomic mass is 10.0. The molecule has 0 aliphatic carbocycles. The van der Waals surface area contributed by atoms with Gasteiger partial charge in [-0.1, -0.05) is 40.5 Å². The number of hydrogen-bond donors (Lipinski definition) is 1. The molecule has 2 rings (SSSR count). The Morgan fingerprint density at radius 1 is 1.37 bits per heavy atom. The van der Waals surface area contributed by atoms with Crippen LogP contribution in [0.4, 0.5) is 0 Å². The van der Waals surface area contributed by atoms with Gasteiger partial charge in [0.15, 0.2) is 0 Å². The molecule has 1 atom stereocenters. The van der Waals surface area contributed by atoms with E-state index in [1.165, 1.54) is 16.8 Å². The van der Waals surface area contributed by atoms with Crippen molar-refractivity contribution in [2.75, 3.05) is 6.54 Å². The Morgan fingerprint density at radius 3 is 2.79 bits per heavy atom. The lowest BCUT2D eigenvalue weighted by Crippen LogP contribution is -2.23. The number of aryl methyl sites for hydroxylation is 2. The third-order valence-electron chi connectivity index (χ3n) is 3.06. The Morgan fingerprint density at radius 2 is 2.16 bits per heavy atom. The van der Waals surface area contributed by atoms with Crippen molar-refractivity contribution in [3.05, 3.63) is 49.9 Å². The van der Waals surface area contributed by atoms with Crippen LogP contribution in [-0.4, -0.2) is 11.5 Å². The first-order valence-electron chi connectivity index (χ1n) is 6.50. The van der Waals surface area contributed by atoms with Crippen LogP contribution in [0.5, 0.6) is 0 Å². The molecule has 0 saturated carbocycles. The van der Waals surface area contributed by atoms with Crippen molar-refractivity contribution in [1.82, 2.24) is 10.3 Å². The Labute approximate surface area is 127 Å². The minimum Gasteiger partial charge on any atom is -0.310 e. The topological polar surface area (TPSA) is 24.9 Å². The van der Waals surface area contributed by atoms with Crippen LogP contribution in [0.2, 0.25) is 0 Å². The maximum Gasteiger partial charge on any atom is 0.0897 e. The van der Waals surface area contributed by atoms with E-state index in [4.69, 9.17) is 0 Å². The molecule has 0 radical (unpaired) electrons. The number of nitrogens with zero attached hydrogens (tertiary/aromatic N) is 1. The molecule has 1 unspecified atom stereocenters. The van der Waals surface area contributed by atoms with E-state index < -0.39 is 0 Å². The fourth-order valence-corrected chi connectivity index (χ4v) is 3.33. The number of benzene rings is 1. The summed E-state index contributed by atoms with van der Waals surface area (Å²) in [5.41, 5.74) is 3.77. The zero-order valence-electron chi connectivity index (χ0n) is 11.5. The molecule has 0 aliphatic heterocycles. The average Bonchev–Trinajstić information content (AvgIpc) is 2.77. The van der Waals surface area contributed by atoms with Crippen LogP contribution in [0.1, 0.15) is 34.8 Å². The summed E-state index contributed by atoms with van der Waals surface area (Å²) >= 11 is 5.38. The van der Waals surface area contributed by atoms with Crippen molar-refractivity contribution in [2.24, 2.45) is 0 Å². The van der Waals surface area contributed by atoms with Crippen molar-refractivity contribution in [1.29, 1.82) is 0 Å². The molecular weight excluding hydrogens is 320 g/mol. The van der Waals surface area contributed by atoms with Crippen LogP contribution in [0.25, 0.3) is 0 Å². The van der Waals surface area contributed by atoms with Gasteiger partial charge in [-0.15, -0.1) is 11.3 Å². The van der Waals surface area contributed by atoms with Crippen LogP contribution >= 0.6 is 27.3 Å². The molecule has 1 heterocycles. The highest BCUT2D eigenvalue weighted by atomic mass is 79.9. The molecule has 0 saturated heterocycles. The van der Waals surface area contributed by atoms with E-state index >= 15 is 0 Å². The molecule has 0 spiro atoms. The van der Waals surface area contributed by atoms with Gasteiger partial charge < -0.3 is 5.32 Å². The second-order valence-electron chi connectivity index (χ2n) is 4.70. The average molecular weight is 339 g/mol. The largest absolute Gasteiger partial charge is 0.310 e. The highest BCUT2D eigenvalue weighted by Crippen LogP contribution is 2.27. The van der Waals surface area contributed by atoms with Crippen LogP contribution in [0.3, 0.4) is 0 Å². The summed E-state index contributed by atoms with van der Waals surface area (Å²) < 4.78 is 1.16. The fourth-order valence-electron chi connectivity index (χ4n) is 2.18. The molecule has 0 bridgehead atoms. The smallest absolute Gasteiger partial charge is 0.0897 e. The van der Waals surface area contributed by atoms with Gasteiger partial charge >= 0.3 is 0 Å². The van der Waals surface area contributed by atoms with Gasteiger partial charge in [-0.3, -0.25) is 0 Å². The second kappa shape index (κ2) is 6.64. The van der Waals surface area contributed by atoms with E-state index in [9.17, 15) is 0 Å². The van der Waals surface area contributed by atoms with Gasteiger partial charge in [-0.05, 0) is 32.0 Å². The Bertz CT molecular complexity index is 551. The van der Waals surface area contributed by atoms with Crippen LogP contribution in [0, 0.1) is 13.8 Å². The monoisotopic (exact) mass is 338 g/mol. The van der Waals surface area contributed by atoms with Crippen molar-refractivity contribution in [3.8, 4) is 0 Å². The molecule has 1 aromatic heterocycles. The molecule has 19 heavy (non-hydrogen) atoms. The molecule has 4 heteroatoms. The summed E-state index contributed by atoms with van der Waals surface area (Å²) in [5, 5.41) is 6.85. The first kappa shape index (κ1) is 14.7. The lowest BCUT2D eigenvalue weighted by molar-refractivity contribution is 0.543. The quantitative estimate of drug-likeness (QED) is 0.872. The Hall–Kier alpha value is -0.710. The second-order valence-corrected chi connectivity index (χ2v) is 6.61. The van der Waals surface area contributed by atoms with E-state index in [0.717, 1.165) is 22.4 Å². The van der Waals surface area contributed by atoms with Crippen LogP contribution in [0.15, 0.2) is 28.1 Å². The van der Waals surface area contributed by atoms with Crippen molar-refractivity contribution < 1.29 is 0 Å². The van der Waals surface area contributed by atoms with Crippen LogP contribution < -0.4 is 5.32 Å². The summed E-state index contributed by atoms with van der Waals surface area (Å²) in [7, 11) is 0. The molecular formula is C15H19BrN2S. The maximum absolute atomic E-state index is 4.57. The minimum atomic E-state index is 0.306. The van der Waals surface area contributed by atoms with Gasteiger partial charge in [-0.2, -0.15) is 0 Å². The summed E-state index contributed by atoms with van der Waals surface area (Å²) in [4.78, 5) is 4.57. The summed E-state index contributed by atoms with van der Waals surface area (Å²) in [6.07, 6.45) is 0.931. The highest BCUT2D eigenvalue weighted by Gasteiger charge is 2.15. The number of nitrogens with one attached hydrogen (secondary N) is 1. The Kier molecular flexibility index (Phi) is 5.13. The first-order chi connectivity index (χ1) is 9.10. The third-order valence-corrected chi connectivity index (χ3v) is 4.60. The van der Waals surface area contributed by atoms with E-state index in [1.54, 1.807) is 11.3 Å². The molecule has 1 N–H and O–H groups in total. The van der Waals surface area contributed by atoms with Crippen LogP contribution in [-0.2, 0) is 6.42 Å². The van der Waals surface area contributed by atoms with Gasteiger partial charge in [0, 0.05) is 22.3 Å². The van der Waals surface area contributed by atoms with Gasteiger partial charge in [0.25, 0.3) is 0 Å². The van der Waals surface area contributed by atoms with Gasteiger partial charge in [0.2, 0.25) is 0 Å². The number of thiazole rings is 1. The standard InChI is InChI=1S/C15H19BrN2S/c1-4-17-15(8-12-9-19-11(3)18-12)13-7-10(2)5-6-14(13)16/h5-7,9,15,17H,4,8H2,1-3H3. The highest BCUT2D eigenvalue weighted by molar-refractivity contribution is 9.10. The molecule has 102 valence electrons. The molecule has 0 aliphatic rings. The minimum absolute atomic E-state index is 0.306. The Balaban J connectivity index is 2.26. The molecule has 0 amide bonds. The summed E-state index contributed by atoms with van der Waals surface area (Å²) in [5.74, 6) is 0. The third kappa shape index (κ3) is 3.88.